The Morgan fingerprint density at radius 3 is 2.43 bits per heavy atom. The summed E-state index contributed by atoms with van der Waals surface area (Å²) < 4.78 is 6.00. The zero-order valence-corrected chi connectivity index (χ0v) is 22.0. The van der Waals surface area contributed by atoms with E-state index in [1.165, 1.54) is 49.6 Å². The van der Waals surface area contributed by atoms with Gasteiger partial charge in [-0.2, -0.15) is 15.4 Å². The highest BCUT2D eigenvalue weighted by Gasteiger charge is 2.37. The maximum absolute atomic E-state index is 13.2. The fourth-order valence-corrected chi connectivity index (χ4v) is 4.39. The zero-order chi connectivity index (χ0) is 27.4. The van der Waals surface area contributed by atoms with Crippen LogP contribution in [0, 0.1) is 18.3 Å². The molecule has 37 heavy (non-hydrogen) atoms. The highest BCUT2D eigenvalue weighted by atomic mass is 35.5. The Bertz CT molecular complexity index is 1510. The number of allylic oxidation sites excluding steroid dienone is 4. The first-order valence-corrected chi connectivity index (χ1v) is 11.8. The number of aromatic nitrogens is 1. The molecule has 1 aliphatic heterocycles. The Labute approximate surface area is 226 Å². The van der Waals surface area contributed by atoms with Crippen molar-refractivity contribution in [3.05, 3.63) is 84.1 Å². The molecule has 0 spiro atoms. The number of carbonyl (C=O) groups is 2. The Balaban J connectivity index is 1.97. The molecule has 12 heteroatoms. The second kappa shape index (κ2) is 11.5. The minimum Gasteiger partial charge on any atom is -0.494 e. The maximum atomic E-state index is 13.2. The number of esters is 1. The molecule has 0 unspecified atom stereocenters. The van der Waals surface area contributed by atoms with Gasteiger partial charge in [0.2, 0.25) is 5.88 Å². The average molecular weight is 562 g/mol. The number of benzene rings is 1. The molecule has 2 aromatic rings. The lowest BCUT2D eigenvalue weighted by atomic mass is 10.0. The predicted molar refractivity (Wildman–Crippen MR) is 142 cm³/mol. The number of hydrazone groups is 1. The van der Waals surface area contributed by atoms with Crippen LogP contribution in [0.15, 0.2) is 51.9 Å². The number of hydrogen-bond donors (Lipinski definition) is 1. The standard InChI is InChI=1S/C25H19Cl3N4O5/c1-4-37-25(36)20-16(24(35)32(30-20)21-18(27)10-14(26)11-19(21)28)9-7-5-6-8-15-13(2)17(12-29)23(34)31(3)22(15)33/h5-11,33H,4H2,1-3H3. The van der Waals surface area contributed by atoms with E-state index in [9.17, 15) is 24.8 Å². The molecule has 1 aliphatic rings. The smallest absolute Gasteiger partial charge is 0.359 e. The van der Waals surface area contributed by atoms with E-state index in [-0.39, 0.29) is 55.7 Å². The molecular weight excluding hydrogens is 543 g/mol. The number of halogens is 3. The quantitative estimate of drug-likeness (QED) is 0.310. The molecule has 0 radical (unpaired) electrons. The summed E-state index contributed by atoms with van der Waals surface area (Å²) in [4.78, 5) is 37.8. The molecule has 0 saturated carbocycles. The predicted octanol–water partition coefficient (Wildman–Crippen LogP) is 4.69. The van der Waals surface area contributed by atoms with Crippen molar-refractivity contribution in [1.29, 1.82) is 5.26 Å². The van der Waals surface area contributed by atoms with Crippen molar-refractivity contribution in [3.63, 3.8) is 0 Å². The summed E-state index contributed by atoms with van der Waals surface area (Å²) in [5.41, 5.74) is -0.351. The van der Waals surface area contributed by atoms with Gasteiger partial charge in [-0.25, -0.2) is 4.79 Å². The van der Waals surface area contributed by atoms with E-state index in [1.54, 1.807) is 13.8 Å². The third-order valence-corrected chi connectivity index (χ3v) is 6.05. The summed E-state index contributed by atoms with van der Waals surface area (Å²) in [7, 11) is 1.35. The van der Waals surface area contributed by atoms with Crippen molar-refractivity contribution < 1.29 is 19.4 Å². The third kappa shape index (κ3) is 5.47. The van der Waals surface area contributed by atoms with Crippen molar-refractivity contribution in [2.45, 2.75) is 13.8 Å². The zero-order valence-electron chi connectivity index (χ0n) is 19.8. The van der Waals surface area contributed by atoms with Gasteiger partial charge in [0, 0.05) is 17.6 Å². The lowest BCUT2D eigenvalue weighted by Gasteiger charge is -2.15. The van der Waals surface area contributed by atoms with E-state index in [4.69, 9.17) is 39.5 Å². The molecule has 1 amide bonds. The molecule has 0 aliphatic carbocycles. The summed E-state index contributed by atoms with van der Waals surface area (Å²) in [6, 6.07) is 4.61. The van der Waals surface area contributed by atoms with E-state index >= 15 is 0 Å². The first-order chi connectivity index (χ1) is 17.5. The highest BCUT2D eigenvalue weighted by molar-refractivity contribution is 6.54. The van der Waals surface area contributed by atoms with E-state index < -0.39 is 17.4 Å². The summed E-state index contributed by atoms with van der Waals surface area (Å²) in [5, 5.41) is 24.9. The van der Waals surface area contributed by atoms with Crippen molar-refractivity contribution >= 4 is 64.2 Å². The van der Waals surface area contributed by atoms with Gasteiger partial charge in [0.05, 0.1) is 22.2 Å². The number of carbonyl (C=O) groups excluding carboxylic acids is 2. The summed E-state index contributed by atoms with van der Waals surface area (Å²) >= 11 is 18.4. The van der Waals surface area contributed by atoms with Gasteiger partial charge >= 0.3 is 5.97 Å². The minimum absolute atomic E-state index is 0.0562. The third-order valence-electron chi connectivity index (χ3n) is 5.26. The number of hydrogen-bond acceptors (Lipinski definition) is 7. The molecule has 0 saturated heterocycles. The Morgan fingerprint density at radius 2 is 1.84 bits per heavy atom. The van der Waals surface area contributed by atoms with Crippen LogP contribution in [-0.2, 0) is 21.4 Å². The normalized spacial score (nSPS) is 14.6. The van der Waals surface area contributed by atoms with E-state index in [2.05, 4.69) is 5.10 Å². The van der Waals surface area contributed by atoms with Crippen molar-refractivity contribution in [2.75, 3.05) is 11.6 Å². The van der Waals surface area contributed by atoms with Gasteiger partial charge in [0.15, 0.2) is 5.71 Å². The number of amides is 1. The second-order valence-corrected chi connectivity index (χ2v) is 8.79. The van der Waals surface area contributed by atoms with Crippen LogP contribution in [0.4, 0.5) is 5.69 Å². The number of nitriles is 1. The Hall–Kier alpha value is -3.84. The summed E-state index contributed by atoms with van der Waals surface area (Å²) in [6.07, 6.45) is 7.36. The van der Waals surface area contributed by atoms with Crippen molar-refractivity contribution in [2.24, 2.45) is 12.1 Å². The SMILES string of the molecule is CCOC(=O)C1=NN(c2c(Cl)cc(Cl)cc2Cl)C(=O)C1=CC=CC=Cc1c(C)c(C#N)c(=O)n(C)c1O. The van der Waals surface area contributed by atoms with Gasteiger partial charge in [0.25, 0.3) is 11.5 Å². The molecule has 0 fully saturated rings. The van der Waals surface area contributed by atoms with Gasteiger partial charge in [-0.3, -0.25) is 14.2 Å². The van der Waals surface area contributed by atoms with E-state index in [0.717, 1.165) is 9.58 Å². The molecule has 2 heterocycles. The molecule has 0 bridgehead atoms. The van der Waals surface area contributed by atoms with Crippen LogP contribution in [0.1, 0.15) is 23.6 Å². The number of rotatable bonds is 6. The van der Waals surface area contributed by atoms with Crippen LogP contribution in [0.25, 0.3) is 6.08 Å². The second-order valence-electron chi connectivity index (χ2n) is 7.54. The number of aromatic hydroxyl groups is 1. The minimum atomic E-state index is -0.815. The summed E-state index contributed by atoms with van der Waals surface area (Å²) in [5.74, 6) is -1.79. The van der Waals surface area contributed by atoms with Crippen LogP contribution in [0.2, 0.25) is 15.1 Å². The van der Waals surface area contributed by atoms with Gasteiger partial charge in [-0.05, 0) is 43.7 Å². The number of pyridine rings is 1. The molecule has 1 aromatic carbocycles. The molecular formula is C25H19Cl3N4O5. The molecule has 1 aromatic heterocycles. The van der Waals surface area contributed by atoms with Gasteiger partial charge in [0.1, 0.15) is 17.3 Å². The topological polar surface area (TPSA) is 125 Å². The highest BCUT2D eigenvalue weighted by Crippen LogP contribution is 2.39. The molecule has 3 rings (SSSR count). The molecule has 9 nitrogen and oxygen atoms in total. The fraction of sp³-hybridized carbons (Fsp3) is 0.160. The first-order valence-electron chi connectivity index (χ1n) is 10.7. The van der Waals surface area contributed by atoms with E-state index in [0.29, 0.717) is 5.56 Å². The van der Waals surface area contributed by atoms with Gasteiger partial charge < -0.3 is 9.84 Å². The molecule has 190 valence electrons. The van der Waals surface area contributed by atoms with E-state index in [1.807, 2.05) is 6.07 Å². The van der Waals surface area contributed by atoms with Crippen LogP contribution >= 0.6 is 34.8 Å². The molecule has 0 atom stereocenters. The molecule has 1 N–H and O–H groups in total. The number of anilines is 1. The maximum Gasteiger partial charge on any atom is 0.359 e. The lowest BCUT2D eigenvalue weighted by Crippen LogP contribution is -2.23. The first kappa shape index (κ1) is 27.7. The lowest BCUT2D eigenvalue weighted by molar-refractivity contribution is -0.135. The van der Waals surface area contributed by atoms with Crippen LogP contribution in [0.3, 0.4) is 0 Å². The van der Waals surface area contributed by atoms with Gasteiger partial charge in [-0.1, -0.05) is 53.0 Å². The monoisotopic (exact) mass is 560 g/mol. The largest absolute Gasteiger partial charge is 0.494 e. The summed E-state index contributed by atoms with van der Waals surface area (Å²) in [6.45, 7) is 3.22. The van der Waals surface area contributed by atoms with Crippen LogP contribution < -0.4 is 10.6 Å². The van der Waals surface area contributed by atoms with Crippen LogP contribution in [-0.4, -0.2) is 33.9 Å². The Morgan fingerprint density at radius 1 is 1.19 bits per heavy atom. The van der Waals surface area contributed by atoms with Crippen molar-refractivity contribution in [3.8, 4) is 11.9 Å². The average Bonchev–Trinajstić information content (AvgIpc) is 3.15. The fourth-order valence-electron chi connectivity index (χ4n) is 3.41. The van der Waals surface area contributed by atoms with Gasteiger partial charge in [-0.15, -0.1) is 0 Å². The van der Waals surface area contributed by atoms with Crippen molar-refractivity contribution in [1.82, 2.24) is 4.57 Å². The Kier molecular flexibility index (Phi) is 8.61. The number of ether oxygens (including phenoxy) is 1. The number of nitrogens with zero attached hydrogens (tertiary/aromatic N) is 4. The van der Waals surface area contributed by atoms with Crippen LogP contribution in [0.5, 0.6) is 5.88 Å².